The van der Waals surface area contributed by atoms with Gasteiger partial charge in [0.05, 0.1) is 18.8 Å². The van der Waals surface area contributed by atoms with Crippen molar-refractivity contribution < 1.29 is 9.13 Å². The molecule has 8 heteroatoms. The summed E-state index contributed by atoms with van der Waals surface area (Å²) in [6, 6.07) is 5.15. The predicted octanol–water partition coefficient (Wildman–Crippen LogP) is 3.13. The van der Waals surface area contributed by atoms with E-state index in [1.165, 1.54) is 13.2 Å². The van der Waals surface area contributed by atoms with Crippen LogP contribution in [0.1, 0.15) is 36.6 Å². The molecule has 1 saturated heterocycles. The highest BCUT2D eigenvalue weighted by atomic mass is 19.1. The fourth-order valence-electron chi connectivity index (χ4n) is 4.26. The van der Waals surface area contributed by atoms with Gasteiger partial charge in [-0.3, -0.25) is 0 Å². The van der Waals surface area contributed by atoms with E-state index in [1.807, 2.05) is 6.20 Å². The molecule has 0 aromatic carbocycles. The van der Waals surface area contributed by atoms with Crippen LogP contribution in [0.15, 0.2) is 36.8 Å². The van der Waals surface area contributed by atoms with Crippen LogP contribution in [0.2, 0.25) is 0 Å². The van der Waals surface area contributed by atoms with Gasteiger partial charge < -0.3 is 9.64 Å². The van der Waals surface area contributed by atoms with Crippen LogP contribution in [-0.4, -0.2) is 38.1 Å². The van der Waals surface area contributed by atoms with Gasteiger partial charge in [-0.05, 0) is 25.3 Å². The van der Waals surface area contributed by atoms with Gasteiger partial charge in [0.25, 0.3) is 0 Å². The normalized spacial score (nSPS) is 20.6. The number of rotatable bonds is 3. The SMILES string of the molecule is COc1cc(F)nc(N2[C@@H]3CCC[C@H]2c2cnc(-c4ncccn4)nc2C3)c1. The van der Waals surface area contributed by atoms with Crippen LogP contribution < -0.4 is 9.64 Å². The highest BCUT2D eigenvalue weighted by molar-refractivity contribution is 5.52. The minimum atomic E-state index is -0.536. The number of hydrogen-bond donors (Lipinski definition) is 0. The predicted molar refractivity (Wildman–Crippen MR) is 100 cm³/mol. The van der Waals surface area contributed by atoms with Crippen molar-refractivity contribution in [2.24, 2.45) is 0 Å². The van der Waals surface area contributed by atoms with Crippen molar-refractivity contribution >= 4 is 5.82 Å². The Morgan fingerprint density at radius 1 is 1.07 bits per heavy atom. The molecule has 2 bridgehead atoms. The van der Waals surface area contributed by atoms with E-state index in [0.717, 1.165) is 36.9 Å². The average Bonchev–Trinajstić information content (AvgIpc) is 2.73. The molecule has 5 heterocycles. The molecule has 0 spiro atoms. The van der Waals surface area contributed by atoms with Gasteiger partial charge in [-0.25, -0.2) is 24.9 Å². The lowest BCUT2D eigenvalue weighted by Gasteiger charge is -2.47. The number of methoxy groups -OCH3 is 1. The molecule has 2 atom stereocenters. The van der Waals surface area contributed by atoms with Crippen molar-refractivity contribution in [3.8, 4) is 17.4 Å². The number of pyridine rings is 1. The van der Waals surface area contributed by atoms with E-state index in [4.69, 9.17) is 9.72 Å². The summed E-state index contributed by atoms with van der Waals surface area (Å²) in [5.74, 6) is 1.60. The summed E-state index contributed by atoms with van der Waals surface area (Å²) in [6.45, 7) is 0. The highest BCUT2D eigenvalue weighted by Crippen LogP contribution is 2.44. The zero-order valence-electron chi connectivity index (χ0n) is 15.4. The zero-order chi connectivity index (χ0) is 19.1. The van der Waals surface area contributed by atoms with Crippen LogP contribution in [0.3, 0.4) is 0 Å². The van der Waals surface area contributed by atoms with Crippen molar-refractivity contribution in [2.75, 3.05) is 12.0 Å². The number of anilines is 1. The summed E-state index contributed by atoms with van der Waals surface area (Å²) in [4.78, 5) is 24.1. The molecule has 0 radical (unpaired) electrons. The fourth-order valence-corrected chi connectivity index (χ4v) is 4.26. The lowest BCUT2D eigenvalue weighted by Crippen LogP contribution is -2.47. The number of aromatic nitrogens is 5. The molecular weight excluding hydrogens is 359 g/mol. The molecule has 0 N–H and O–H groups in total. The Labute approximate surface area is 161 Å². The number of piperidine rings is 1. The summed E-state index contributed by atoms with van der Waals surface area (Å²) >= 11 is 0. The first kappa shape index (κ1) is 17.0. The van der Waals surface area contributed by atoms with Gasteiger partial charge in [-0.1, -0.05) is 0 Å². The lowest BCUT2D eigenvalue weighted by molar-refractivity contribution is 0.351. The van der Waals surface area contributed by atoms with Crippen LogP contribution in [0.25, 0.3) is 11.6 Å². The van der Waals surface area contributed by atoms with Crippen LogP contribution in [0.5, 0.6) is 5.75 Å². The van der Waals surface area contributed by atoms with Gasteiger partial charge in [-0.15, -0.1) is 0 Å². The molecule has 3 aromatic rings. The Morgan fingerprint density at radius 2 is 1.93 bits per heavy atom. The first-order valence-electron chi connectivity index (χ1n) is 9.36. The van der Waals surface area contributed by atoms with E-state index in [-0.39, 0.29) is 12.1 Å². The largest absolute Gasteiger partial charge is 0.496 e. The summed E-state index contributed by atoms with van der Waals surface area (Å²) in [5.41, 5.74) is 2.09. The van der Waals surface area contributed by atoms with E-state index in [1.54, 1.807) is 24.5 Å². The van der Waals surface area contributed by atoms with Crippen molar-refractivity contribution in [1.82, 2.24) is 24.9 Å². The standard InChI is InChI=1S/C20H19FN6O/c1-28-13-9-17(21)26-18(10-13)27-12-4-2-5-16(27)14-11-24-20(25-15(14)8-12)19-22-6-3-7-23-19/h3,6-7,9-12,16H,2,4-5,8H2,1H3/t12-,16+/m1/s1. The molecular formula is C20H19FN6O. The van der Waals surface area contributed by atoms with E-state index >= 15 is 0 Å². The first-order valence-corrected chi connectivity index (χ1v) is 9.36. The average molecular weight is 378 g/mol. The monoisotopic (exact) mass is 378 g/mol. The van der Waals surface area contributed by atoms with Crippen molar-refractivity contribution in [3.63, 3.8) is 0 Å². The van der Waals surface area contributed by atoms with E-state index in [9.17, 15) is 4.39 Å². The lowest BCUT2D eigenvalue weighted by atomic mass is 9.82. The van der Waals surface area contributed by atoms with Gasteiger partial charge in [0.15, 0.2) is 11.6 Å². The molecule has 3 aromatic heterocycles. The van der Waals surface area contributed by atoms with Crippen molar-refractivity contribution in [3.05, 3.63) is 54.0 Å². The molecule has 2 aliphatic rings. The molecule has 5 rings (SSSR count). The second-order valence-electron chi connectivity index (χ2n) is 7.07. The van der Waals surface area contributed by atoms with Gasteiger partial charge >= 0.3 is 0 Å². The highest BCUT2D eigenvalue weighted by Gasteiger charge is 2.39. The Morgan fingerprint density at radius 3 is 2.75 bits per heavy atom. The minimum Gasteiger partial charge on any atom is -0.496 e. The van der Waals surface area contributed by atoms with Gasteiger partial charge in [0.2, 0.25) is 5.95 Å². The third kappa shape index (κ3) is 2.85. The fraction of sp³-hybridized carbons (Fsp3) is 0.350. The molecule has 28 heavy (non-hydrogen) atoms. The summed E-state index contributed by atoms with van der Waals surface area (Å²) < 4.78 is 19.3. The molecule has 0 unspecified atom stereocenters. The van der Waals surface area contributed by atoms with Crippen LogP contribution in [0.4, 0.5) is 10.2 Å². The molecule has 2 aliphatic heterocycles. The maximum absolute atomic E-state index is 14.0. The molecule has 142 valence electrons. The second-order valence-corrected chi connectivity index (χ2v) is 7.07. The topological polar surface area (TPSA) is 76.9 Å². The maximum atomic E-state index is 14.0. The van der Waals surface area contributed by atoms with E-state index in [2.05, 4.69) is 24.8 Å². The minimum absolute atomic E-state index is 0.0762. The first-order chi connectivity index (χ1) is 13.7. The Bertz CT molecular complexity index is 1010. The molecule has 0 aliphatic carbocycles. The van der Waals surface area contributed by atoms with Gasteiger partial charge in [0.1, 0.15) is 11.6 Å². The van der Waals surface area contributed by atoms with Gasteiger partial charge in [0, 0.05) is 48.7 Å². The number of nitrogens with zero attached hydrogens (tertiary/aromatic N) is 6. The summed E-state index contributed by atoms with van der Waals surface area (Å²) in [7, 11) is 1.53. The Kier molecular flexibility index (Phi) is 4.11. The zero-order valence-corrected chi connectivity index (χ0v) is 15.4. The third-order valence-corrected chi connectivity index (χ3v) is 5.45. The van der Waals surface area contributed by atoms with Crippen LogP contribution in [-0.2, 0) is 6.42 Å². The van der Waals surface area contributed by atoms with Crippen molar-refractivity contribution in [1.29, 1.82) is 0 Å². The Hall–Kier alpha value is -3.16. The third-order valence-electron chi connectivity index (χ3n) is 5.45. The number of ether oxygens (including phenoxy) is 1. The molecule has 7 nitrogen and oxygen atoms in total. The summed E-state index contributed by atoms with van der Waals surface area (Å²) in [5, 5.41) is 0. The van der Waals surface area contributed by atoms with E-state index < -0.39 is 5.95 Å². The van der Waals surface area contributed by atoms with Crippen LogP contribution in [0, 0.1) is 5.95 Å². The molecule has 1 fully saturated rings. The number of halogens is 1. The Balaban J connectivity index is 1.56. The van der Waals surface area contributed by atoms with Crippen molar-refractivity contribution in [2.45, 2.75) is 37.8 Å². The van der Waals surface area contributed by atoms with Gasteiger partial charge in [-0.2, -0.15) is 4.39 Å². The number of hydrogen-bond acceptors (Lipinski definition) is 7. The summed E-state index contributed by atoms with van der Waals surface area (Å²) in [6.07, 6.45) is 9.07. The maximum Gasteiger partial charge on any atom is 0.218 e. The molecule has 0 saturated carbocycles. The van der Waals surface area contributed by atoms with E-state index in [0.29, 0.717) is 23.2 Å². The quantitative estimate of drug-likeness (QED) is 0.648. The molecule has 0 amide bonds. The smallest absolute Gasteiger partial charge is 0.218 e. The second kappa shape index (κ2) is 6.78. The number of fused-ring (bicyclic) bond motifs is 4. The van der Waals surface area contributed by atoms with Crippen LogP contribution >= 0.6 is 0 Å².